The molecule has 1 atom stereocenters. The SMILES string of the molecule is CC1=Nc2c(c(=O)[nH]n2C(C)C)[C@@H](Cc2ccccc2)S1. The van der Waals surface area contributed by atoms with Gasteiger partial charge in [0.05, 0.1) is 10.6 Å². The average Bonchev–Trinajstić information content (AvgIpc) is 2.77. The first-order valence-electron chi connectivity index (χ1n) is 7.16. The Kier molecular flexibility index (Phi) is 3.76. The average molecular weight is 301 g/mol. The molecule has 1 aromatic heterocycles. The van der Waals surface area contributed by atoms with Gasteiger partial charge in [-0.2, -0.15) is 0 Å². The molecule has 5 heteroatoms. The molecular weight excluding hydrogens is 282 g/mol. The fraction of sp³-hybridized carbons (Fsp3) is 0.375. The number of rotatable bonds is 3. The zero-order valence-electron chi connectivity index (χ0n) is 12.5. The molecule has 0 saturated carbocycles. The molecule has 2 heterocycles. The van der Waals surface area contributed by atoms with E-state index in [9.17, 15) is 4.79 Å². The number of aliphatic imine (C=N–C) groups is 1. The van der Waals surface area contributed by atoms with Crippen molar-refractivity contribution in [1.82, 2.24) is 9.78 Å². The van der Waals surface area contributed by atoms with Gasteiger partial charge in [-0.25, -0.2) is 4.99 Å². The number of aromatic amines is 1. The van der Waals surface area contributed by atoms with Crippen molar-refractivity contribution in [1.29, 1.82) is 0 Å². The summed E-state index contributed by atoms with van der Waals surface area (Å²) in [7, 11) is 0. The number of aromatic nitrogens is 2. The Labute approximate surface area is 128 Å². The molecule has 110 valence electrons. The van der Waals surface area contributed by atoms with Crippen molar-refractivity contribution < 1.29 is 0 Å². The zero-order chi connectivity index (χ0) is 15.0. The molecule has 1 N–H and O–H groups in total. The van der Waals surface area contributed by atoms with Crippen LogP contribution in [-0.2, 0) is 6.42 Å². The molecule has 0 spiro atoms. The van der Waals surface area contributed by atoms with Gasteiger partial charge >= 0.3 is 0 Å². The number of H-pyrrole nitrogens is 1. The highest BCUT2D eigenvalue weighted by Gasteiger charge is 2.29. The van der Waals surface area contributed by atoms with Crippen molar-refractivity contribution in [2.24, 2.45) is 4.99 Å². The Balaban J connectivity index is 2.03. The number of fused-ring (bicyclic) bond motifs is 1. The lowest BCUT2D eigenvalue weighted by atomic mass is 10.1. The summed E-state index contributed by atoms with van der Waals surface area (Å²) in [6, 6.07) is 10.5. The summed E-state index contributed by atoms with van der Waals surface area (Å²) in [6.07, 6.45) is 0.844. The highest BCUT2D eigenvalue weighted by atomic mass is 32.2. The molecule has 21 heavy (non-hydrogen) atoms. The summed E-state index contributed by atoms with van der Waals surface area (Å²) < 4.78 is 1.87. The van der Waals surface area contributed by atoms with Crippen molar-refractivity contribution in [3.63, 3.8) is 0 Å². The molecule has 3 rings (SSSR count). The van der Waals surface area contributed by atoms with E-state index < -0.39 is 0 Å². The monoisotopic (exact) mass is 301 g/mol. The van der Waals surface area contributed by atoms with Gasteiger partial charge in [-0.3, -0.25) is 14.6 Å². The molecule has 0 fully saturated rings. The van der Waals surface area contributed by atoms with Crippen LogP contribution in [0.1, 0.15) is 43.2 Å². The Morgan fingerprint density at radius 1 is 1.33 bits per heavy atom. The van der Waals surface area contributed by atoms with E-state index in [1.807, 2.05) is 29.8 Å². The molecule has 2 aromatic rings. The van der Waals surface area contributed by atoms with Gasteiger partial charge in [-0.1, -0.05) is 30.3 Å². The van der Waals surface area contributed by atoms with E-state index in [0.29, 0.717) is 0 Å². The number of thioether (sulfide) groups is 1. The van der Waals surface area contributed by atoms with Gasteiger partial charge in [0.1, 0.15) is 0 Å². The second-order valence-corrected chi connectivity index (χ2v) is 6.96. The van der Waals surface area contributed by atoms with Crippen molar-refractivity contribution in [2.75, 3.05) is 0 Å². The van der Waals surface area contributed by atoms with Crippen LogP contribution in [0.3, 0.4) is 0 Å². The molecule has 0 saturated heterocycles. The Morgan fingerprint density at radius 3 is 2.71 bits per heavy atom. The second-order valence-electron chi connectivity index (χ2n) is 5.57. The third kappa shape index (κ3) is 2.70. The topological polar surface area (TPSA) is 50.1 Å². The highest BCUT2D eigenvalue weighted by Crippen LogP contribution is 2.41. The van der Waals surface area contributed by atoms with Crippen molar-refractivity contribution in [3.8, 4) is 0 Å². The smallest absolute Gasteiger partial charge is 0.268 e. The quantitative estimate of drug-likeness (QED) is 0.936. The first-order chi connectivity index (χ1) is 10.1. The molecule has 1 aliphatic heterocycles. The Hall–Kier alpha value is -1.75. The van der Waals surface area contributed by atoms with Crippen molar-refractivity contribution in [3.05, 3.63) is 51.8 Å². The highest BCUT2D eigenvalue weighted by molar-refractivity contribution is 8.14. The fourth-order valence-electron chi connectivity index (χ4n) is 2.64. The van der Waals surface area contributed by atoms with Gasteiger partial charge in [0.25, 0.3) is 5.56 Å². The van der Waals surface area contributed by atoms with E-state index in [0.717, 1.165) is 22.8 Å². The molecule has 1 aromatic carbocycles. The van der Waals surface area contributed by atoms with Gasteiger partial charge < -0.3 is 0 Å². The van der Waals surface area contributed by atoms with E-state index in [-0.39, 0.29) is 16.9 Å². The number of nitrogens with one attached hydrogen (secondary N) is 1. The van der Waals surface area contributed by atoms with Gasteiger partial charge in [0, 0.05) is 11.3 Å². The van der Waals surface area contributed by atoms with Gasteiger partial charge in [-0.05, 0) is 32.8 Å². The maximum Gasteiger partial charge on any atom is 0.270 e. The minimum atomic E-state index is -0.0108. The maximum atomic E-state index is 12.3. The number of hydrogen-bond acceptors (Lipinski definition) is 3. The van der Waals surface area contributed by atoms with Crippen LogP contribution >= 0.6 is 11.8 Å². The minimum absolute atomic E-state index is 0.0108. The summed E-state index contributed by atoms with van der Waals surface area (Å²) in [4.78, 5) is 16.9. The summed E-state index contributed by atoms with van der Waals surface area (Å²) >= 11 is 1.68. The lowest BCUT2D eigenvalue weighted by molar-refractivity contribution is 0.533. The van der Waals surface area contributed by atoms with E-state index in [2.05, 4.69) is 36.1 Å². The summed E-state index contributed by atoms with van der Waals surface area (Å²) in [6.45, 7) is 6.11. The third-order valence-electron chi connectivity index (χ3n) is 3.61. The molecule has 0 radical (unpaired) electrons. The number of nitrogens with zero attached hydrogens (tertiary/aromatic N) is 2. The predicted octanol–water partition coefficient (Wildman–Crippen LogP) is 3.84. The molecule has 0 bridgehead atoms. The van der Waals surface area contributed by atoms with Crippen LogP contribution in [0.5, 0.6) is 0 Å². The van der Waals surface area contributed by atoms with Crippen LogP contribution in [-0.4, -0.2) is 14.8 Å². The van der Waals surface area contributed by atoms with E-state index >= 15 is 0 Å². The lowest BCUT2D eigenvalue weighted by Crippen LogP contribution is -2.14. The second kappa shape index (κ2) is 5.56. The molecule has 0 amide bonds. The van der Waals surface area contributed by atoms with E-state index in [4.69, 9.17) is 0 Å². The molecule has 0 unspecified atom stereocenters. The number of hydrogen-bond donors (Lipinski definition) is 1. The Morgan fingerprint density at radius 2 is 2.05 bits per heavy atom. The van der Waals surface area contributed by atoms with Gasteiger partial charge in [-0.15, -0.1) is 11.8 Å². The van der Waals surface area contributed by atoms with Crippen LogP contribution in [0.2, 0.25) is 0 Å². The largest absolute Gasteiger partial charge is 0.270 e. The van der Waals surface area contributed by atoms with Crippen molar-refractivity contribution in [2.45, 2.75) is 38.5 Å². The van der Waals surface area contributed by atoms with Crippen LogP contribution in [0.25, 0.3) is 0 Å². The summed E-state index contributed by atoms with van der Waals surface area (Å²) in [5.41, 5.74) is 2.04. The van der Waals surface area contributed by atoms with E-state index in [1.165, 1.54) is 5.56 Å². The summed E-state index contributed by atoms with van der Waals surface area (Å²) in [5.74, 6) is 0.798. The van der Waals surface area contributed by atoms with Gasteiger partial charge in [0.15, 0.2) is 5.82 Å². The number of benzene rings is 1. The molecule has 4 nitrogen and oxygen atoms in total. The first kappa shape index (κ1) is 14.2. The normalized spacial score (nSPS) is 17.7. The third-order valence-corrected chi connectivity index (χ3v) is 4.73. The van der Waals surface area contributed by atoms with Crippen LogP contribution in [0, 0.1) is 0 Å². The van der Waals surface area contributed by atoms with Crippen LogP contribution < -0.4 is 5.56 Å². The minimum Gasteiger partial charge on any atom is -0.268 e. The van der Waals surface area contributed by atoms with E-state index in [1.54, 1.807) is 11.8 Å². The molecular formula is C16H19N3OS. The van der Waals surface area contributed by atoms with Crippen LogP contribution in [0.4, 0.5) is 5.82 Å². The fourth-order valence-corrected chi connectivity index (χ4v) is 3.80. The zero-order valence-corrected chi connectivity index (χ0v) is 13.3. The standard InChI is InChI=1S/C16H19N3OS/c1-10(2)19-15-14(16(20)18-19)13(21-11(3)17-15)9-12-7-5-4-6-8-12/h4-8,10,13H,9H2,1-3H3,(H,18,20)/t13-/m1/s1. The Bertz CT molecular complexity index is 728. The maximum absolute atomic E-state index is 12.3. The first-order valence-corrected chi connectivity index (χ1v) is 8.04. The summed E-state index contributed by atoms with van der Waals surface area (Å²) in [5, 5.41) is 4.07. The lowest BCUT2D eigenvalue weighted by Gasteiger charge is -2.21. The van der Waals surface area contributed by atoms with Crippen LogP contribution in [0.15, 0.2) is 40.1 Å². The molecule has 1 aliphatic rings. The molecule has 0 aliphatic carbocycles. The van der Waals surface area contributed by atoms with Crippen molar-refractivity contribution >= 4 is 22.6 Å². The van der Waals surface area contributed by atoms with Gasteiger partial charge in [0.2, 0.25) is 0 Å². The predicted molar refractivity (Wildman–Crippen MR) is 88.7 cm³/mol.